The Morgan fingerprint density at radius 3 is 2.70 bits per heavy atom. The van der Waals surface area contributed by atoms with E-state index < -0.39 is 0 Å². The minimum Gasteiger partial charge on any atom is -0.273 e. The fourth-order valence-electron chi connectivity index (χ4n) is 1.90. The maximum atomic E-state index is 12.1. The predicted octanol–water partition coefficient (Wildman–Crippen LogP) is 4.98. The lowest BCUT2D eigenvalue weighted by molar-refractivity contribution is 0.0962. The Morgan fingerprint density at radius 2 is 1.96 bits per heavy atom. The molecule has 0 saturated heterocycles. The van der Waals surface area contributed by atoms with E-state index >= 15 is 0 Å². The van der Waals surface area contributed by atoms with Gasteiger partial charge in [-0.2, -0.15) is 0 Å². The van der Waals surface area contributed by atoms with Crippen LogP contribution >= 0.6 is 38.9 Å². The fraction of sp³-hybridized carbons (Fsp3) is 0. The lowest BCUT2D eigenvalue weighted by Gasteiger charge is -2.05. The maximum absolute atomic E-state index is 12.1. The molecule has 0 aliphatic rings. The first kappa shape index (κ1) is 16.0. The molecule has 0 bridgehead atoms. The topological polar surface area (TPSA) is 54.0 Å². The third kappa shape index (κ3) is 4.10. The number of hydrazine groups is 1. The van der Waals surface area contributed by atoms with Crippen LogP contribution in [0.1, 0.15) is 10.4 Å². The molecule has 1 heterocycles. The molecule has 1 amide bonds. The number of thiazole rings is 1. The number of hydrogen-bond donors (Lipinski definition) is 2. The van der Waals surface area contributed by atoms with Gasteiger partial charge in [-0.15, -0.1) is 11.3 Å². The Morgan fingerprint density at radius 1 is 1.17 bits per heavy atom. The van der Waals surface area contributed by atoms with Crippen molar-refractivity contribution in [2.24, 2.45) is 0 Å². The van der Waals surface area contributed by atoms with E-state index in [1.807, 2.05) is 35.7 Å². The predicted molar refractivity (Wildman–Crippen MR) is 97.8 cm³/mol. The summed E-state index contributed by atoms with van der Waals surface area (Å²) in [7, 11) is 0. The molecule has 116 valence electrons. The summed E-state index contributed by atoms with van der Waals surface area (Å²) in [6.07, 6.45) is 0. The van der Waals surface area contributed by atoms with Crippen molar-refractivity contribution in [3.8, 4) is 11.3 Å². The van der Waals surface area contributed by atoms with Gasteiger partial charge in [-0.25, -0.2) is 4.98 Å². The van der Waals surface area contributed by atoms with Gasteiger partial charge in [0.05, 0.1) is 5.69 Å². The highest BCUT2D eigenvalue weighted by atomic mass is 79.9. The second-order valence-corrected chi connectivity index (χ2v) is 6.84. The van der Waals surface area contributed by atoms with Gasteiger partial charge in [-0.05, 0) is 30.3 Å². The van der Waals surface area contributed by atoms with E-state index in [4.69, 9.17) is 11.6 Å². The zero-order valence-electron chi connectivity index (χ0n) is 11.7. The average Bonchev–Trinajstić information content (AvgIpc) is 3.02. The normalized spacial score (nSPS) is 10.3. The van der Waals surface area contributed by atoms with Crippen molar-refractivity contribution >= 4 is 49.9 Å². The van der Waals surface area contributed by atoms with Crippen molar-refractivity contribution in [2.45, 2.75) is 0 Å². The Hall–Kier alpha value is -1.89. The molecular formula is C16H11BrClN3OS. The van der Waals surface area contributed by atoms with Crippen LogP contribution in [-0.2, 0) is 0 Å². The molecule has 0 aliphatic heterocycles. The Bertz CT molecular complexity index is 835. The molecule has 1 aromatic heterocycles. The van der Waals surface area contributed by atoms with Gasteiger partial charge < -0.3 is 0 Å². The van der Waals surface area contributed by atoms with Gasteiger partial charge in [0, 0.05) is 26.0 Å². The molecule has 0 spiro atoms. The summed E-state index contributed by atoms with van der Waals surface area (Å²) in [6, 6.07) is 14.6. The molecule has 2 N–H and O–H groups in total. The van der Waals surface area contributed by atoms with Crippen molar-refractivity contribution < 1.29 is 4.79 Å². The zero-order valence-corrected chi connectivity index (χ0v) is 14.9. The second kappa shape index (κ2) is 7.12. The number of benzene rings is 2. The molecule has 0 fully saturated rings. The largest absolute Gasteiger partial charge is 0.273 e. The first-order chi connectivity index (χ1) is 11.1. The minimum absolute atomic E-state index is 0.227. The van der Waals surface area contributed by atoms with Crippen LogP contribution in [0.2, 0.25) is 5.02 Å². The van der Waals surface area contributed by atoms with Crippen LogP contribution < -0.4 is 10.9 Å². The summed E-state index contributed by atoms with van der Waals surface area (Å²) in [5, 5.41) is 3.21. The van der Waals surface area contributed by atoms with Crippen molar-refractivity contribution in [3.63, 3.8) is 0 Å². The molecule has 0 unspecified atom stereocenters. The van der Waals surface area contributed by atoms with Gasteiger partial charge >= 0.3 is 0 Å². The Labute approximate surface area is 150 Å². The number of nitrogens with one attached hydrogen (secondary N) is 2. The number of amides is 1. The van der Waals surface area contributed by atoms with E-state index in [9.17, 15) is 4.79 Å². The van der Waals surface area contributed by atoms with E-state index in [-0.39, 0.29) is 5.91 Å². The average molecular weight is 409 g/mol. The molecule has 7 heteroatoms. The summed E-state index contributed by atoms with van der Waals surface area (Å²) in [6.45, 7) is 0. The van der Waals surface area contributed by atoms with E-state index in [1.165, 1.54) is 11.3 Å². The van der Waals surface area contributed by atoms with Crippen molar-refractivity contribution in [1.29, 1.82) is 0 Å². The van der Waals surface area contributed by atoms with E-state index in [0.29, 0.717) is 15.7 Å². The monoisotopic (exact) mass is 407 g/mol. The first-order valence-corrected chi connectivity index (χ1v) is 8.70. The summed E-state index contributed by atoms with van der Waals surface area (Å²) < 4.78 is 0.851. The van der Waals surface area contributed by atoms with Crippen LogP contribution in [-0.4, -0.2) is 10.9 Å². The Kier molecular flexibility index (Phi) is 4.95. The molecule has 0 saturated carbocycles. The van der Waals surface area contributed by atoms with Gasteiger partial charge in [0.25, 0.3) is 5.91 Å². The summed E-state index contributed by atoms with van der Waals surface area (Å²) in [5.74, 6) is -0.227. The van der Waals surface area contributed by atoms with Crippen molar-refractivity contribution in [1.82, 2.24) is 10.4 Å². The van der Waals surface area contributed by atoms with Crippen LogP contribution in [0.4, 0.5) is 5.13 Å². The lowest BCUT2D eigenvalue weighted by atomic mass is 10.2. The second-order valence-electron chi connectivity index (χ2n) is 4.63. The standard InChI is InChI=1S/C16H11BrClN3OS/c17-12-3-1-2-11(8-12)15(22)20-21-16-19-14(9-23-16)10-4-6-13(18)7-5-10/h1-9H,(H,19,21)(H,20,22). The van der Waals surface area contributed by atoms with Crippen molar-refractivity contribution in [2.75, 3.05) is 5.43 Å². The molecular weight excluding hydrogens is 398 g/mol. The van der Waals surface area contributed by atoms with Gasteiger partial charge in [-0.1, -0.05) is 45.7 Å². The molecule has 0 aliphatic carbocycles. The van der Waals surface area contributed by atoms with E-state index in [1.54, 1.807) is 18.2 Å². The summed E-state index contributed by atoms with van der Waals surface area (Å²) in [4.78, 5) is 16.5. The number of nitrogens with zero attached hydrogens (tertiary/aromatic N) is 1. The Balaban J connectivity index is 1.65. The molecule has 3 aromatic rings. The molecule has 0 atom stereocenters. The molecule has 2 aromatic carbocycles. The number of hydrogen-bond acceptors (Lipinski definition) is 4. The molecule has 4 nitrogen and oxygen atoms in total. The van der Waals surface area contributed by atoms with Gasteiger partial charge in [0.2, 0.25) is 5.13 Å². The van der Waals surface area contributed by atoms with Crippen LogP contribution in [0.25, 0.3) is 11.3 Å². The van der Waals surface area contributed by atoms with E-state index in [2.05, 4.69) is 31.8 Å². The number of halogens is 2. The molecule has 0 radical (unpaired) electrons. The number of carbonyl (C=O) groups excluding carboxylic acids is 1. The first-order valence-electron chi connectivity index (χ1n) is 6.65. The summed E-state index contributed by atoms with van der Waals surface area (Å²) in [5.41, 5.74) is 7.81. The number of anilines is 1. The third-order valence-electron chi connectivity index (χ3n) is 3.01. The van der Waals surface area contributed by atoms with Gasteiger partial charge in [0.15, 0.2) is 0 Å². The molecule has 23 heavy (non-hydrogen) atoms. The number of aromatic nitrogens is 1. The van der Waals surface area contributed by atoms with Gasteiger partial charge in [0.1, 0.15) is 0 Å². The number of rotatable bonds is 4. The highest BCUT2D eigenvalue weighted by Gasteiger charge is 2.08. The fourth-order valence-corrected chi connectivity index (χ4v) is 3.09. The minimum atomic E-state index is -0.227. The number of carbonyl (C=O) groups is 1. The summed E-state index contributed by atoms with van der Waals surface area (Å²) >= 11 is 10.6. The SMILES string of the molecule is O=C(NNc1nc(-c2ccc(Cl)cc2)cs1)c1cccc(Br)c1. The van der Waals surface area contributed by atoms with Gasteiger partial charge in [-0.3, -0.25) is 15.6 Å². The van der Waals surface area contributed by atoms with Crippen LogP contribution in [0, 0.1) is 0 Å². The lowest BCUT2D eigenvalue weighted by Crippen LogP contribution is -2.29. The highest BCUT2D eigenvalue weighted by Crippen LogP contribution is 2.25. The highest BCUT2D eigenvalue weighted by molar-refractivity contribution is 9.10. The smallest absolute Gasteiger partial charge is 0.269 e. The molecule has 3 rings (SSSR count). The zero-order chi connectivity index (χ0) is 16.2. The van der Waals surface area contributed by atoms with Crippen LogP contribution in [0.5, 0.6) is 0 Å². The van der Waals surface area contributed by atoms with Crippen molar-refractivity contribution in [3.05, 3.63) is 69.0 Å². The van der Waals surface area contributed by atoms with E-state index in [0.717, 1.165) is 15.7 Å². The quantitative estimate of drug-likeness (QED) is 0.598. The maximum Gasteiger partial charge on any atom is 0.269 e. The van der Waals surface area contributed by atoms with Crippen LogP contribution in [0.15, 0.2) is 58.4 Å². The third-order valence-corrected chi connectivity index (χ3v) is 4.52. The van der Waals surface area contributed by atoms with Crippen LogP contribution in [0.3, 0.4) is 0 Å².